The summed E-state index contributed by atoms with van der Waals surface area (Å²) in [5.74, 6) is 0.150. The van der Waals surface area contributed by atoms with Crippen LogP contribution < -0.4 is 5.32 Å². The van der Waals surface area contributed by atoms with Crippen molar-refractivity contribution in [1.82, 2.24) is 4.90 Å². The van der Waals surface area contributed by atoms with E-state index in [1.807, 2.05) is 35.2 Å². The zero-order valence-corrected chi connectivity index (χ0v) is 14.5. The molecule has 1 aliphatic heterocycles. The highest BCUT2D eigenvalue weighted by Gasteiger charge is 2.42. The number of carbonyl (C=O) groups is 1. The molecule has 0 unspecified atom stereocenters. The van der Waals surface area contributed by atoms with Crippen LogP contribution in [0.2, 0.25) is 0 Å². The number of benzene rings is 2. The number of amides is 1. The third-order valence-electron chi connectivity index (χ3n) is 4.86. The van der Waals surface area contributed by atoms with Crippen LogP contribution >= 0.6 is 11.3 Å². The monoisotopic (exact) mass is 346 g/mol. The molecule has 0 spiro atoms. The van der Waals surface area contributed by atoms with Gasteiger partial charge in [-0.15, -0.1) is 11.3 Å². The molecule has 1 fully saturated rings. The maximum atomic E-state index is 13.0. The predicted molar refractivity (Wildman–Crippen MR) is 102 cm³/mol. The first-order valence-corrected chi connectivity index (χ1v) is 9.46. The zero-order chi connectivity index (χ0) is 16.8. The summed E-state index contributed by atoms with van der Waals surface area (Å²) < 4.78 is 0. The van der Waals surface area contributed by atoms with Crippen molar-refractivity contribution in [3.8, 4) is 10.4 Å². The second-order valence-electron chi connectivity index (χ2n) is 6.60. The average molecular weight is 346 g/mol. The molecule has 1 amide bonds. The van der Waals surface area contributed by atoms with Crippen molar-refractivity contribution in [3.63, 3.8) is 0 Å². The van der Waals surface area contributed by atoms with Crippen LogP contribution in [0, 0.1) is 0 Å². The van der Waals surface area contributed by atoms with Crippen molar-refractivity contribution >= 4 is 22.9 Å². The Kier molecular flexibility index (Phi) is 3.38. The molecule has 3 nitrogen and oxygen atoms in total. The summed E-state index contributed by atoms with van der Waals surface area (Å²) in [7, 11) is 0. The number of hydrogen-bond acceptors (Lipinski definition) is 3. The normalized spacial score (nSPS) is 19.4. The minimum atomic E-state index is -0.0719. The molecule has 2 aromatic carbocycles. The Morgan fingerprint density at radius 2 is 1.68 bits per heavy atom. The Balaban J connectivity index is 1.54. The Labute approximate surface area is 150 Å². The van der Waals surface area contributed by atoms with Crippen molar-refractivity contribution in [3.05, 3.63) is 77.2 Å². The first-order chi connectivity index (χ1) is 12.3. The highest BCUT2D eigenvalue weighted by atomic mass is 32.1. The van der Waals surface area contributed by atoms with Gasteiger partial charge in [0.05, 0.1) is 5.56 Å². The minimum absolute atomic E-state index is 0.0719. The van der Waals surface area contributed by atoms with Gasteiger partial charge in [0.2, 0.25) is 0 Å². The van der Waals surface area contributed by atoms with Crippen LogP contribution in [0.4, 0.5) is 5.69 Å². The largest absolute Gasteiger partial charge is 0.360 e. The first-order valence-electron chi connectivity index (χ1n) is 8.64. The lowest BCUT2D eigenvalue weighted by atomic mass is 10.1. The number of anilines is 1. The van der Waals surface area contributed by atoms with Crippen LogP contribution in [0.1, 0.15) is 34.2 Å². The Morgan fingerprint density at radius 3 is 2.48 bits per heavy atom. The highest BCUT2D eigenvalue weighted by Crippen LogP contribution is 2.43. The predicted octanol–water partition coefficient (Wildman–Crippen LogP) is 5.14. The van der Waals surface area contributed by atoms with E-state index in [4.69, 9.17) is 0 Å². The van der Waals surface area contributed by atoms with E-state index in [-0.39, 0.29) is 12.1 Å². The molecule has 1 saturated carbocycles. The Morgan fingerprint density at radius 1 is 0.920 bits per heavy atom. The fourth-order valence-corrected chi connectivity index (χ4v) is 4.53. The number of nitrogens with one attached hydrogen (secondary N) is 1. The molecule has 1 aliphatic carbocycles. The van der Waals surface area contributed by atoms with Gasteiger partial charge in [-0.2, -0.15) is 0 Å². The van der Waals surface area contributed by atoms with Crippen molar-refractivity contribution < 1.29 is 4.79 Å². The standard InChI is InChI=1S/C21H18N2OS/c24-21-16-8-4-5-9-17(16)22-20(23(21)15-10-11-15)19-13-12-18(25-19)14-6-2-1-3-7-14/h1-9,12-13,15,20,22H,10-11H2/t20-/m1/s1. The number of thiophene rings is 1. The van der Waals surface area contributed by atoms with E-state index in [1.54, 1.807) is 11.3 Å². The maximum absolute atomic E-state index is 13.0. The minimum Gasteiger partial charge on any atom is -0.360 e. The topological polar surface area (TPSA) is 32.3 Å². The van der Waals surface area contributed by atoms with Gasteiger partial charge in [0.25, 0.3) is 5.91 Å². The average Bonchev–Trinajstić information content (AvgIpc) is 3.37. The number of fused-ring (bicyclic) bond motifs is 1. The van der Waals surface area contributed by atoms with Gasteiger partial charge in [0, 0.05) is 21.5 Å². The Bertz CT molecular complexity index is 930. The van der Waals surface area contributed by atoms with Crippen LogP contribution in [0.5, 0.6) is 0 Å². The van der Waals surface area contributed by atoms with Crippen LogP contribution in [0.3, 0.4) is 0 Å². The van der Waals surface area contributed by atoms with E-state index in [0.717, 1.165) is 24.1 Å². The SMILES string of the molecule is O=C1c2ccccc2N[C@@H](c2ccc(-c3ccccc3)s2)N1C1CC1. The second-order valence-corrected chi connectivity index (χ2v) is 7.72. The summed E-state index contributed by atoms with van der Waals surface area (Å²) in [5.41, 5.74) is 2.94. The molecular formula is C21H18N2OS. The maximum Gasteiger partial charge on any atom is 0.258 e. The van der Waals surface area contributed by atoms with Gasteiger partial charge in [-0.1, -0.05) is 42.5 Å². The van der Waals surface area contributed by atoms with Gasteiger partial charge >= 0.3 is 0 Å². The molecule has 0 saturated heterocycles. The van der Waals surface area contributed by atoms with Gasteiger partial charge in [-0.05, 0) is 42.7 Å². The molecule has 4 heteroatoms. The number of nitrogens with zero attached hydrogens (tertiary/aromatic N) is 1. The van der Waals surface area contributed by atoms with Crippen LogP contribution in [-0.2, 0) is 0 Å². The summed E-state index contributed by atoms with van der Waals surface area (Å²) in [6, 6.07) is 22.9. The number of para-hydroxylation sites is 1. The highest BCUT2D eigenvalue weighted by molar-refractivity contribution is 7.15. The van der Waals surface area contributed by atoms with Crippen molar-refractivity contribution in [2.24, 2.45) is 0 Å². The molecule has 1 aromatic heterocycles. The van der Waals surface area contributed by atoms with E-state index in [2.05, 4.69) is 41.7 Å². The van der Waals surface area contributed by atoms with E-state index in [0.29, 0.717) is 6.04 Å². The molecule has 2 heterocycles. The van der Waals surface area contributed by atoms with Gasteiger partial charge < -0.3 is 10.2 Å². The molecule has 5 rings (SSSR count). The first kappa shape index (κ1) is 14.7. The van der Waals surface area contributed by atoms with Crippen molar-refractivity contribution in [2.75, 3.05) is 5.32 Å². The molecular weight excluding hydrogens is 328 g/mol. The quantitative estimate of drug-likeness (QED) is 0.712. The Hall–Kier alpha value is -2.59. The summed E-state index contributed by atoms with van der Waals surface area (Å²) in [6.45, 7) is 0. The van der Waals surface area contributed by atoms with E-state index < -0.39 is 0 Å². The fourth-order valence-electron chi connectivity index (χ4n) is 3.46. The lowest BCUT2D eigenvalue weighted by molar-refractivity contribution is 0.0669. The van der Waals surface area contributed by atoms with Crippen LogP contribution in [-0.4, -0.2) is 16.8 Å². The molecule has 1 N–H and O–H groups in total. The number of rotatable bonds is 3. The summed E-state index contributed by atoms with van der Waals surface area (Å²) in [4.78, 5) is 17.5. The molecule has 0 radical (unpaired) electrons. The number of carbonyl (C=O) groups excluding carboxylic acids is 1. The van der Waals surface area contributed by atoms with E-state index in [1.165, 1.54) is 15.3 Å². The molecule has 3 aromatic rings. The van der Waals surface area contributed by atoms with E-state index >= 15 is 0 Å². The van der Waals surface area contributed by atoms with E-state index in [9.17, 15) is 4.79 Å². The van der Waals surface area contributed by atoms with Crippen molar-refractivity contribution in [2.45, 2.75) is 25.0 Å². The third kappa shape index (κ3) is 2.53. The van der Waals surface area contributed by atoms with Gasteiger partial charge in [0.15, 0.2) is 0 Å². The lowest BCUT2D eigenvalue weighted by Gasteiger charge is -2.37. The number of hydrogen-bond donors (Lipinski definition) is 1. The third-order valence-corrected chi connectivity index (χ3v) is 6.04. The molecule has 2 aliphatic rings. The summed E-state index contributed by atoms with van der Waals surface area (Å²) in [6.07, 6.45) is 2.13. The molecule has 25 heavy (non-hydrogen) atoms. The molecule has 1 atom stereocenters. The van der Waals surface area contributed by atoms with Crippen LogP contribution in [0.25, 0.3) is 10.4 Å². The van der Waals surface area contributed by atoms with Gasteiger partial charge in [0.1, 0.15) is 6.17 Å². The summed E-state index contributed by atoms with van der Waals surface area (Å²) in [5, 5.41) is 3.60. The van der Waals surface area contributed by atoms with Gasteiger partial charge in [-0.3, -0.25) is 4.79 Å². The van der Waals surface area contributed by atoms with Gasteiger partial charge in [-0.25, -0.2) is 0 Å². The van der Waals surface area contributed by atoms with Crippen LogP contribution in [0.15, 0.2) is 66.7 Å². The lowest BCUT2D eigenvalue weighted by Crippen LogP contribution is -2.43. The molecule has 124 valence electrons. The zero-order valence-electron chi connectivity index (χ0n) is 13.7. The fraction of sp³-hybridized carbons (Fsp3) is 0.190. The summed E-state index contributed by atoms with van der Waals surface area (Å²) >= 11 is 1.76. The second kappa shape index (κ2) is 5.74. The smallest absolute Gasteiger partial charge is 0.258 e. The van der Waals surface area contributed by atoms with Crippen molar-refractivity contribution in [1.29, 1.82) is 0 Å². The molecule has 0 bridgehead atoms.